The fourth-order valence-electron chi connectivity index (χ4n) is 2.14. The highest BCUT2D eigenvalue weighted by molar-refractivity contribution is 7.09. The van der Waals surface area contributed by atoms with Crippen molar-refractivity contribution in [2.24, 2.45) is 0 Å². The third-order valence-corrected chi connectivity index (χ3v) is 4.21. The van der Waals surface area contributed by atoms with Crippen LogP contribution < -0.4 is 0 Å². The second kappa shape index (κ2) is 9.51. The highest BCUT2D eigenvalue weighted by Gasteiger charge is 2.07. The molecule has 18 heavy (non-hydrogen) atoms. The normalized spacial score (nSPS) is 12.8. The smallest absolute Gasteiger partial charge is 0.0953 e. The van der Waals surface area contributed by atoms with Gasteiger partial charge in [-0.15, -0.1) is 11.3 Å². The van der Waals surface area contributed by atoms with Gasteiger partial charge in [-0.05, 0) is 13.3 Å². The largest absolute Gasteiger partial charge is 0.393 e. The van der Waals surface area contributed by atoms with Crippen molar-refractivity contribution in [3.05, 3.63) is 16.1 Å². The molecular formula is C15H27NOS. The molecule has 0 saturated heterocycles. The predicted octanol–water partition coefficient (Wildman–Crippen LogP) is 4.50. The van der Waals surface area contributed by atoms with Crippen LogP contribution in [0.15, 0.2) is 5.38 Å². The molecule has 0 radical (unpaired) electrons. The molecule has 0 amide bonds. The van der Waals surface area contributed by atoms with Crippen LogP contribution in [0, 0.1) is 6.92 Å². The van der Waals surface area contributed by atoms with Gasteiger partial charge in [0.1, 0.15) is 0 Å². The van der Waals surface area contributed by atoms with Crippen molar-refractivity contribution >= 4 is 11.3 Å². The van der Waals surface area contributed by atoms with Gasteiger partial charge < -0.3 is 5.11 Å². The molecule has 1 unspecified atom stereocenters. The van der Waals surface area contributed by atoms with E-state index in [9.17, 15) is 5.11 Å². The summed E-state index contributed by atoms with van der Waals surface area (Å²) in [6, 6.07) is 0. The molecule has 0 fully saturated rings. The number of hydrogen-bond acceptors (Lipinski definition) is 3. The van der Waals surface area contributed by atoms with Gasteiger partial charge in [-0.25, -0.2) is 4.98 Å². The van der Waals surface area contributed by atoms with E-state index in [0.29, 0.717) is 0 Å². The van der Waals surface area contributed by atoms with E-state index in [0.717, 1.165) is 30.0 Å². The summed E-state index contributed by atoms with van der Waals surface area (Å²) in [6.07, 6.45) is 10.6. The molecule has 0 saturated carbocycles. The lowest BCUT2D eigenvalue weighted by Crippen LogP contribution is -2.10. The maximum Gasteiger partial charge on any atom is 0.0953 e. The number of aryl methyl sites for hydroxylation is 1. The van der Waals surface area contributed by atoms with Gasteiger partial charge in [0.15, 0.2) is 0 Å². The van der Waals surface area contributed by atoms with E-state index >= 15 is 0 Å². The van der Waals surface area contributed by atoms with Crippen molar-refractivity contribution in [1.82, 2.24) is 4.98 Å². The fourth-order valence-corrected chi connectivity index (χ4v) is 2.98. The van der Waals surface area contributed by atoms with Crippen molar-refractivity contribution in [2.75, 3.05) is 0 Å². The second-order valence-electron chi connectivity index (χ2n) is 5.15. The third-order valence-electron chi connectivity index (χ3n) is 3.22. The molecule has 0 aliphatic heterocycles. The molecule has 104 valence electrons. The van der Waals surface area contributed by atoms with E-state index in [1.54, 1.807) is 11.3 Å². The highest BCUT2D eigenvalue weighted by atomic mass is 32.1. The summed E-state index contributed by atoms with van der Waals surface area (Å²) < 4.78 is 0. The first kappa shape index (κ1) is 15.6. The van der Waals surface area contributed by atoms with Gasteiger partial charge in [0.05, 0.1) is 11.1 Å². The van der Waals surface area contributed by atoms with Gasteiger partial charge in [0, 0.05) is 17.5 Å². The average molecular weight is 269 g/mol. The minimum Gasteiger partial charge on any atom is -0.393 e. The number of rotatable bonds is 10. The maximum atomic E-state index is 9.92. The Bertz CT molecular complexity index is 311. The number of aromatic nitrogens is 1. The Morgan fingerprint density at radius 3 is 2.44 bits per heavy atom. The first-order chi connectivity index (χ1) is 8.72. The zero-order chi connectivity index (χ0) is 13.2. The Kier molecular flexibility index (Phi) is 8.27. The summed E-state index contributed by atoms with van der Waals surface area (Å²) in [5, 5.41) is 13.0. The summed E-state index contributed by atoms with van der Waals surface area (Å²) in [5.41, 5.74) is 1.07. The van der Waals surface area contributed by atoms with E-state index in [4.69, 9.17) is 0 Å². The van der Waals surface area contributed by atoms with Crippen LogP contribution in [0.25, 0.3) is 0 Å². The minimum absolute atomic E-state index is 0.203. The summed E-state index contributed by atoms with van der Waals surface area (Å²) in [5.74, 6) is 0. The quantitative estimate of drug-likeness (QED) is 0.635. The number of unbranched alkanes of at least 4 members (excludes halogenated alkanes) is 6. The molecular weight excluding hydrogens is 242 g/mol. The van der Waals surface area contributed by atoms with Crippen LogP contribution in [0.5, 0.6) is 0 Å². The van der Waals surface area contributed by atoms with E-state index in [1.165, 1.54) is 38.5 Å². The van der Waals surface area contributed by atoms with Crippen LogP contribution in [-0.4, -0.2) is 16.2 Å². The summed E-state index contributed by atoms with van der Waals surface area (Å²) in [4.78, 5) is 4.39. The van der Waals surface area contributed by atoms with Gasteiger partial charge in [-0.1, -0.05) is 51.9 Å². The van der Waals surface area contributed by atoms with Crippen molar-refractivity contribution in [2.45, 2.75) is 77.7 Å². The van der Waals surface area contributed by atoms with E-state index in [1.807, 2.05) is 6.92 Å². The minimum atomic E-state index is -0.203. The predicted molar refractivity (Wildman–Crippen MR) is 79.2 cm³/mol. The van der Waals surface area contributed by atoms with Crippen molar-refractivity contribution in [3.8, 4) is 0 Å². The number of aliphatic hydroxyl groups excluding tert-OH is 1. The van der Waals surface area contributed by atoms with Crippen LogP contribution in [0.1, 0.15) is 69.0 Å². The lowest BCUT2D eigenvalue weighted by Gasteiger charge is -2.08. The monoisotopic (exact) mass is 269 g/mol. The first-order valence-corrected chi connectivity index (χ1v) is 8.19. The second-order valence-corrected chi connectivity index (χ2v) is 6.09. The summed E-state index contributed by atoms with van der Waals surface area (Å²) in [7, 11) is 0. The first-order valence-electron chi connectivity index (χ1n) is 7.31. The fraction of sp³-hybridized carbons (Fsp3) is 0.800. The summed E-state index contributed by atoms with van der Waals surface area (Å²) >= 11 is 1.66. The molecule has 0 aliphatic carbocycles. The van der Waals surface area contributed by atoms with Crippen LogP contribution in [-0.2, 0) is 6.42 Å². The molecule has 1 rings (SSSR count). The zero-order valence-electron chi connectivity index (χ0n) is 11.8. The lowest BCUT2D eigenvalue weighted by atomic mass is 10.1. The topological polar surface area (TPSA) is 33.1 Å². The van der Waals surface area contributed by atoms with Crippen molar-refractivity contribution in [1.29, 1.82) is 0 Å². The van der Waals surface area contributed by atoms with Crippen LogP contribution in [0.3, 0.4) is 0 Å². The maximum absolute atomic E-state index is 9.92. The number of nitrogens with zero attached hydrogens (tertiary/aromatic N) is 1. The average Bonchev–Trinajstić information content (AvgIpc) is 2.73. The SMILES string of the molecule is CCCCCCCCCC(O)Cc1nc(C)cs1. The van der Waals surface area contributed by atoms with Crippen molar-refractivity contribution in [3.63, 3.8) is 0 Å². The van der Waals surface area contributed by atoms with Crippen LogP contribution in [0.2, 0.25) is 0 Å². The molecule has 2 nitrogen and oxygen atoms in total. The molecule has 0 bridgehead atoms. The number of aliphatic hydroxyl groups is 1. The van der Waals surface area contributed by atoms with E-state index in [-0.39, 0.29) is 6.10 Å². The molecule has 0 aromatic carbocycles. The van der Waals surface area contributed by atoms with Crippen LogP contribution in [0.4, 0.5) is 0 Å². The zero-order valence-corrected chi connectivity index (χ0v) is 12.6. The Morgan fingerprint density at radius 2 is 1.83 bits per heavy atom. The molecule has 1 heterocycles. The van der Waals surface area contributed by atoms with Gasteiger partial charge in [-0.3, -0.25) is 0 Å². The van der Waals surface area contributed by atoms with E-state index in [2.05, 4.69) is 17.3 Å². The molecule has 1 N–H and O–H groups in total. The van der Waals surface area contributed by atoms with Gasteiger partial charge in [0.2, 0.25) is 0 Å². The lowest BCUT2D eigenvalue weighted by molar-refractivity contribution is 0.160. The van der Waals surface area contributed by atoms with Gasteiger partial charge in [-0.2, -0.15) is 0 Å². The number of hydrogen-bond donors (Lipinski definition) is 1. The molecule has 1 atom stereocenters. The Morgan fingerprint density at radius 1 is 1.17 bits per heavy atom. The van der Waals surface area contributed by atoms with Gasteiger partial charge >= 0.3 is 0 Å². The Labute approximate surface area is 115 Å². The molecule has 1 aromatic rings. The third kappa shape index (κ3) is 7.12. The standard InChI is InChI=1S/C15H27NOS/c1-3-4-5-6-7-8-9-10-14(17)11-15-16-13(2)12-18-15/h12,14,17H,3-11H2,1-2H3. The Balaban J connectivity index is 1.98. The summed E-state index contributed by atoms with van der Waals surface area (Å²) in [6.45, 7) is 4.25. The van der Waals surface area contributed by atoms with E-state index < -0.39 is 0 Å². The number of thiazole rings is 1. The molecule has 0 spiro atoms. The molecule has 3 heteroatoms. The highest BCUT2D eigenvalue weighted by Crippen LogP contribution is 2.15. The van der Waals surface area contributed by atoms with Crippen molar-refractivity contribution < 1.29 is 5.11 Å². The molecule has 0 aliphatic rings. The molecule has 1 aromatic heterocycles. The Hall–Kier alpha value is -0.410. The van der Waals surface area contributed by atoms with Crippen LogP contribution >= 0.6 is 11.3 Å². The van der Waals surface area contributed by atoms with Gasteiger partial charge in [0.25, 0.3) is 0 Å².